The number of hydrogen-bond acceptors (Lipinski definition) is 2. The average molecular weight is 211 g/mol. The third kappa shape index (κ3) is 3.10. The first-order valence-corrected chi connectivity index (χ1v) is 6.32. The second-order valence-corrected chi connectivity index (χ2v) is 5.14. The molecule has 0 aromatic carbocycles. The summed E-state index contributed by atoms with van der Waals surface area (Å²) in [4.78, 5) is 1.43. The van der Waals surface area contributed by atoms with Gasteiger partial charge in [0.2, 0.25) is 0 Å². The Balaban J connectivity index is 2.51. The van der Waals surface area contributed by atoms with Crippen LogP contribution >= 0.6 is 11.3 Å². The van der Waals surface area contributed by atoms with Crippen LogP contribution in [0.15, 0.2) is 17.5 Å². The lowest BCUT2D eigenvalue weighted by Crippen LogP contribution is -2.34. The zero-order chi connectivity index (χ0) is 10.6. The van der Waals surface area contributed by atoms with Crippen molar-refractivity contribution in [3.05, 3.63) is 22.4 Å². The van der Waals surface area contributed by atoms with Gasteiger partial charge in [0.05, 0.1) is 0 Å². The van der Waals surface area contributed by atoms with E-state index in [1.165, 1.54) is 11.3 Å². The van der Waals surface area contributed by atoms with E-state index >= 15 is 0 Å². The van der Waals surface area contributed by atoms with E-state index in [0.717, 1.165) is 0 Å². The van der Waals surface area contributed by atoms with E-state index in [2.05, 4.69) is 50.5 Å². The smallest absolute Gasteiger partial charge is 0.0388 e. The molecule has 1 nitrogen and oxygen atoms in total. The highest BCUT2D eigenvalue weighted by Crippen LogP contribution is 2.20. The van der Waals surface area contributed by atoms with Crippen molar-refractivity contribution in [3.8, 4) is 0 Å². The molecule has 0 fully saturated rings. The molecule has 0 aliphatic carbocycles. The van der Waals surface area contributed by atoms with Gasteiger partial charge in [0.1, 0.15) is 0 Å². The SMILES string of the molecule is CCC(NC(C)c1cccs1)C(C)C. The summed E-state index contributed by atoms with van der Waals surface area (Å²) in [5, 5.41) is 5.82. The molecule has 2 unspecified atom stereocenters. The summed E-state index contributed by atoms with van der Waals surface area (Å²) in [6.45, 7) is 9.06. The normalized spacial score (nSPS) is 15.8. The monoisotopic (exact) mass is 211 g/mol. The lowest BCUT2D eigenvalue weighted by atomic mass is 10.0. The third-order valence-electron chi connectivity index (χ3n) is 2.68. The number of nitrogens with one attached hydrogen (secondary N) is 1. The Bertz CT molecular complexity index is 241. The molecule has 0 radical (unpaired) electrons. The van der Waals surface area contributed by atoms with Gasteiger partial charge in [0.25, 0.3) is 0 Å². The molecule has 0 aliphatic rings. The molecule has 0 saturated carbocycles. The van der Waals surface area contributed by atoms with E-state index in [4.69, 9.17) is 0 Å². The molecule has 0 saturated heterocycles. The van der Waals surface area contributed by atoms with E-state index in [9.17, 15) is 0 Å². The van der Waals surface area contributed by atoms with Crippen LogP contribution in [-0.2, 0) is 0 Å². The zero-order valence-electron chi connectivity index (χ0n) is 9.58. The van der Waals surface area contributed by atoms with Crippen molar-refractivity contribution in [1.29, 1.82) is 0 Å². The van der Waals surface area contributed by atoms with Crippen LogP contribution in [0.1, 0.15) is 45.0 Å². The average Bonchev–Trinajstić information content (AvgIpc) is 2.65. The van der Waals surface area contributed by atoms with Crippen molar-refractivity contribution in [2.24, 2.45) is 5.92 Å². The van der Waals surface area contributed by atoms with Gasteiger partial charge in [0, 0.05) is 17.0 Å². The summed E-state index contributed by atoms with van der Waals surface area (Å²) in [5.74, 6) is 0.711. The number of thiophene rings is 1. The van der Waals surface area contributed by atoms with Crippen molar-refractivity contribution in [3.63, 3.8) is 0 Å². The van der Waals surface area contributed by atoms with Gasteiger partial charge in [0.15, 0.2) is 0 Å². The topological polar surface area (TPSA) is 12.0 Å². The van der Waals surface area contributed by atoms with Gasteiger partial charge >= 0.3 is 0 Å². The molecule has 0 amide bonds. The molecule has 0 aliphatic heterocycles. The van der Waals surface area contributed by atoms with Crippen LogP contribution in [0.3, 0.4) is 0 Å². The molecule has 0 spiro atoms. The minimum Gasteiger partial charge on any atom is -0.306 e. The molecular formula is C12H21NS. The largest absolute Gasteiger partial charge is 0.306 e. The minimum absolute atomic E-state index is 0.488. The quantitative estimate of drug-likeness (QED) is 0.780. The molecule has 1 N–H and O–H groups in total. The maximum atomic E-state index is 3.68. The lowest BCUT2D eigenvalue weighted by molar-refractivity contribution is 0.358. The van der Waals surface area contributed by atoms with Crippen LogP contribution in [0, 0.1) is 5.92 Å². The summed E-state index contributed by atoms with van der Waals surface area (Å²) in [7, 11) is 0. The Morgan fingerprint density at radius 1 is 1.36 bits per heavy atom. The van der Waals surface area contributed by atoms with E-state index in [1.54, 1.807) is 0 Å². The summed E-state index contributed by atoms with van der Waals surface area (Å²) in [6, 6.07) is 5.44. The summed E-state index contributed by atoms with van der Waals surface area (Å²) in [6.07, 6.45) is 1.20. The van der Waals surface area contributed by atoms with Gasteiger partial charge in [-0.15, -0.1) is 11.3 Å². The van der Waals surface area contributed by atoms with Crippen molar-refractivity contribution in [2.45, 2.75) is 46.2 Å². The molecule has 1 rings (SSSR count). The Morgan fingerprint density at radius 3 is 2.50 bits per heavy atom. The molecule has 2 atom stereocenters. The van der Waals surface area contributed by atoms with Crippen LogP contribution < -0.4 is 5.32 Å². The van der Waals surface area contributed by atoms with Crippen molar-refractivity contribution < 1.29 is 0 Å². The number of rotatable bonds is 5. The molecule has 2 heteroatoms. The Labute approximate surface area is 91.5 Å². The fourth-order valence-corrected chi connectivity index (χ4v) is 2.47. The Morgan fingerprint density at radius 2 is 2.07 bits per heavy atom. The molecular weight excluding hydrogens is 190 g/mol. The first-order valence-electron chi connectivity index (χ1n) is 5.44. The Kier molecular flexibility index (Phi) is 4.63. The molecule has 1 aromatic heterocycles. The van der Waals surface area contributed by atoms with Crippen LogP contribution in [0.25, 0.3) is 0 Å². The molecule has 1 aromatic rings. The van der Waals surface area contributed by atoms with Crippen LogP contribution in [-0.4, -0.2) is 6.04 Å². The van der Waals surface area contributed by atoms with Crippen LogP contribution in [0.2, 0.25) is 0 Å². The van der Waals surface area contributed by atoms with Gasteiger partial charge < -0.3 is 5.32 Å². The molecule has 14 heavy (non-hydrogen) atoms. The predicted octanol–water partition coefficient (Wildman–Crippen LogP) is 3.83. The fraction of sp³-hybridized carbons (Fsp3) is 0.667. The van der Waals surface area contributed by atoms with E-state index in [0.29, 0.717) is 18.0 Å². The van der Waals surface area contributed by atoms with Gasteiger partial charge in [-0.1, -0.05) is 26.8 Å². The van der Waals surface area contributed by atoms with Crippen molar-refractivity contribution in [2.75, 3.05) is 0 Å². The van der Waals surface area contributed by atoms with Gasteiger partial charge in [-0.25, -0.2) is 0 Å². The predicted molar refractivity (Wildman–Crippen MR) is 64.8 cm³/mol. The Hall–Kier alpha value is -0.340. The third-order valence-corrected chi connectivity index (χ3v) is 3.73. The van der Waals surface area contributed by atoms with Crippen molar-refractivity contribution >= 4 is 11.3 Å². The second kappa shape index (κ2) is 5.52. The highest BCUT2D eigenvalue weighted by Gasteiger charge is 2.14. The highest BCUT2D eigenvalue weighted by atomic mass is 32.1. The summed E-state index contributed by atoms with van der Waals surface area (Å²) < 4.78 is 0. The molecule has 0 bridgehead atoms. The summed E-state index contributed by atoms with van der Waals surface area (Å²) >= 11 is 1.83. The zero-order valence-corrected chi connectivity index (χ0v) is 10.4. The molecule has 80 valence electrons. The van der Waals surface area contributed by atoms with E-state index < -0.39 is 0 Å². The maximum Gasteiger partial charge on any atom is 0.0388 e. The van der Waals surface area contributed by atoms with Gasteiger partial charge in [-0.05, 0) is 30.7 Å². The van der Waals surface area contributed by atoms with Gasteiger partial charge in [-0.2, -0.15) is 0 Å². The van der Waals surface area contributed by atoms with Gasteiger partial charge in [-0.3, -0.25) is 0 Å². The van der Waals surface area contributed by atoms with E-state index in [-0.39, 0.29) is 0 Å². The minimum atomic E-state index is 0.488. The maximum absolute atomic E-state index is 3.68. The molecule has 1 heterocycles. The van der Waals surface area contributed by atoms with Crippen LogP contribution in [0.4, 0.5) is 0 Å². The first kappa shape index (κ1) is 11.7. The first-order chi connectivity index (χ1) is 6.65. The van der Waals surface area contributed by atoms with E-state index in [1.807, 2.05) is 11.3 Å². The second-order valence-electron chi connectivity index (χ2n) is 4.16. The fourth-order valence-electron chi connectivity index (χ4n) is 1.72. The van der Waals surface area contributed by atoms with Crippen LogP contribution in [0.5, 0.6) is 0 Å². The lowest BCUT2D eigenvalue weighted by Gasteiger charge is -2.24. The summed E-state index contributed by atoms with van der Waals surface area (Å²) in [5.41, 5.74) is 0. The highest BCUT2D eigenvalue weighted by molar-refractivity contribution is 7.10. The van der Waals surface area contributed by atoms with Crippen molar-refractivity contribution in [1.82, 2.24) is 5.32 Å². The number of hydrogen-bond donors (Lipinski definition) is 1. The standard InChI is InChI=1S/C12H21NS/c1-5-11(9(2)3)13-10(4)12-7-6-8-14-12/h6-11,13H,5H2,1-4H3.